The summed E-state index contributed by atoms with van der Waals surface area (Å²) < 4.78 is 1.88. The molecule has 0 spiro atoms. The number of halogens is 2. The van der Waals surface area contributed by atoms with Crippen LogP contribution in [0.15, 0.2) is 29.5 Å². The number of hydrogen-bond acceptors (Lipinski definition) is 2. The van der Waals surface area contributed by atoms with E-state index in [-0.39, 0.29) is 24.0 Å². The van der Waals surface area contributed by atoms with Gasteiger partial charge in [0, 0.05) is 18.9 Å². The minimum Gasteiger partial charge on any atom is -0.357 e. The molecule has 2 aromatic rings. The van der Waals surface area contributed by atoms with Crippen molar-refractivity contribution in [1.29, 1.82) is 0 Å². The van der Waals surface area contributed by atoms with Gasteiger partial charge in [-0.2, -0.15) is 0 Å². The monoisotopic (exact) mass is 417 g/mol. The predicted octanol–water partition coefficient (Wildman–Crippen LogP) is 2.29. The van der Waals surface area contributed by atoms with E-state index in [2.05, 4.69) is 26.5 Å². The van der Waals surface area contributed by atoms with Crippen molar-refractivity contribution in [3.63, 3.8) is 0 Å². The number of aromatic nitrogens is 2. The predicted molar refractivity (Wildman–Crippen MR) is 97.3 cm³/mol. The zero-order chi connectivity index (χ0) is 14.4. The maximum Gasteiger partial charge on any atom is 0.192 e. The second-order valence-corrected chi connectivity index (χ2v) is 4.53. The molecule has 2 aromatic heterocycles. The van der Waals surface area contributed by atoms with Crippen molar-refractivity contribution in [1.82, 2.24) is 20.0 Å². The Morgan fingerprint density at radius 1 is 1.43 bits per heavy atom. The number of nitrogens with zero attached hydrogens (tertiary/aromatic N) is 3. The number of terminal acetylenes is 1. The van der Waals surface area contributed by atoms with Crippen LogP contribution in [0.4, 0.5) is 0 Å². The summed E-state index contributed by atoms with van der Waals surface area (Å²) in [5.74, 6) is 3.20. The van der Waals surface area contributed by atoms with Crippen molar-refractivity contribution in [3.8, 4) is 12.3 Å². The minimum absolute atomic E-state index is 0. The molecule has 7 heteroatoms. The maximum absolute atomic E-state index is 5.94. The van der Waals surface area contributed by atoms with Gasteiger partial charge in [0.25, 0.3) is 0 Å². The molecule has 0 bridgehead atoms. The maximum atomic E-state index is 5.94. The molecule has 0 saturated carbocycles. The molecule has 0 unspecified atom stereocenters. The van der Waals surface area contributed by atoms with Crippen molar-refractivity contribution in [2.45, 2.75) is 13.5 Å². The van der Waals surface area contributed by atoms with Gasteiger partial charge in [0.15, 0.2) is 5.96 Å². The third kappa shape index (κ3) is 5.10. The Hall–Kier alpha value is -1.46. The quantitative estimate of drug-likeness (QED) is 0.347. The molecular formula is C14H17ClIN5. The van der Waals surface area contributed by atoms with Gasteiger partial charge in [0.2, 0.25) is 0 Å². The fourth-order valence-corrected chi connectivity index (χ4v) is 1.90. The molecule has 0 aromatic carbocycles. The molecule has 2 rings (SSSR count). The average molecular weight is 418 g/mol. The summed E-state index contributed by atoms with van der Waals surface area (Å²) >= 11 is 5.94. The molecule has 0 atom stereocenters. The highest BCUT2D eigenvalue weighted by Crippen LogP contribution is 2.12. The molecule has 0 aliphatic carbocycles. The smallest absolute Gasteiger partial charge is 0.192 e. The first-order valence-electron chi connectivity index (χ1n) is 6.31. The summed E-state index contributed by atoms with van der Waals surface area (Å²) in [7, 11) is 0. The number of guanidine groups is 1. The summed E-state index contributed by atoms with van der Waals surface area (Å²) in [4.78, 5) is 8.90. The second kappa shape index (κ2) is 8.74. The Morgan fingerprint density at radius 3 is 2.95 bits per heavy atom. The van der Waals surface area contributed by atoms with E-state index in [1.165, 1.54) is 0 Å². The third-order valence-corrected chi connectivity index (χ3v) is 2.79. The third-order valence-electron chi connectivity index (χ3n) is 2.57. The lowest BCUT2D eigenvalue weighted by Crippen LogP contribution is -2.37. The molecule has 2 N–H and O–H groups in total. The van der Waals surface area contributed by atoms with Crippen LogP contribution in [0.25, 0.3) is 5.65 Å². The van der Waals surface area contributed by atoms with Gasteiger partial charge in [-0.05, 0) is 19.1 Å². The molecule has 2 heterocycles. The standard InChI is InChI=1S/C14H16ClN5.HI/c1-3-7-17-14(16-4-2)18-8-12-10-20-9-11(15)5-6-13(20)19-12;/h1,5-6,9-10H,4,7-8H2,2H3,(H2,16,17,18);1H. The first-order valence-corrected chi connectivity index (χ1v) is 6.69. The van der Waals surface area contributed by atoms with Gasteiger partial charge in [0.05, 0.1) is 23.8 Å². The van der Waals surface area contributed by atoms with Crippen molar-refractivity contribution in [2.24, 2.45) is 4.99 Å². The highest BCUT2D eigenvalue weighted by atomic mass is 127. The highest BCUT2D eigenvalue weighted by Gasteiger charge is 2.02. The molecule has 5 nitrogen and oxygen atoms in total. The number of nitrogens with one attached hydrogen (secondary N) is 2. The first kappa shape index (κ1) is 17.6. The normalized spacial score (nSPS) is 10.8. The number of rotatable bonds is 4. The van der Waals surface area contributed by atoms with Crippen LogP contribution < -0.4 is 10.6 Å². The molecule has 0 fully saturated rings. The molecule has 112 valence electrons. The summed E-state index contributed by atoms with van der Waals surface area (Å²) in [6.45, 7) is 3.68. The van der Waals surface area contributed by atoms with Gasteiger partial charge >= 0.3 is 0 Å². The van der Waals surface area contributed by atoms with Gasteiger partial charge in [-0.15, -0.1) is 30.4 Å². The molecule has 21 heavy (non-hydrogen) atoms. The SMILES string of the molecule is C#CCNC(=NCc1cn2cc(Cl)ccc2n1)NCC.I. The van der Waals surface area contributed by atoms with Crippen LogP contribution in [0.3, 0.4) is 0 Å². The minimum atomic E-state index is 0. The van der Waals surface area contributed by atoms with Gasteiger partial charge in [-0.3, -0.25) is 0 Å². The summed E-state index contributed by atoms with van der Waals surface area (Å²) in [5, 5.41) is 6.82. The number of imidazole rings is 1. The van der Waals surface area contributed by atoms with Crippen molar-refractivity contribution in [2.75, 3.05) is 13.1 Å². The topological polar surface area (TPSA) is 53.7 Å². The Balaban J connectivity index is 0.00000220. The fraction of sp³-hybridized carbons (Fsp3) is 0.286. The van der Waals surface area contributed by atoms with E-state index in [9.17, 15) is 0 Å². The molecule has 0 saturated heterocycles. The first-order chi connectivity index (χ1) is 9.72. The lowest BCUT2D eigenvalue weighted by molar-refractivity contribution is 0.860. The number of pyridine rings is 1. The van der Waals surface area contributed by atoms with E-state index in [1.54, 1.807) is 0 Å². The van der Waals surface area contributed by atoms with E-state index in [0.717, 1.165) is 17.9 Å². The lowest BCUT2D eigenvalue weighted by Gasteiger charge is -2.07. The van der Waals surface area contributed by atoms with Gasteiger partial charge in [-0.1, -0.05) is 17.5 Å². The van der Waals surface area contributed by atoms with Crippen molar-refractivity contribution < 1.29 is 0 Å². The van der Waals surface area contributed by atoms with E-state index in [4.69, 9.17) is 18.0 Å². The summed E-state index contributed by atoms with van der Waals surface area (Å²) in [6.07, 6.45) is 8.95. The van der Waals surface area contributed by atoms with E-state index < -0.39 is 0 Å². The average Bonchev–Trinajstić information content (AvgIpc) is 2.83. The molecular weight excluding hydrogens is 401 g/mol. The zero-order valence-corrected chi connectivity index (χ0v) is 14.7. The largest absolute Gasteiger partial charge is 0.357 e. The van der Waals surface area contributed by atoms with Crippen molar-refractivity contribution in [3.05, 3.63) is 35.2 Å². The van der Waals surface area contributed by atoms with E-state index in [1.807, 2.05) is 35.9 Å². The van der Waals surface area contributed by atoms with Gasteiger partial charge in [-0.25, -0.2) is 9.98 Å². The summed E-state index contributed by atoms with van der Waals surface area (Å²) in [6, 6.07) is 3.69. The van der Waals surface area contributed by atoms with Gasteiger partial charge < -0.3 is 15.0 Å². The van der Waals surface area contributed by atoms with Crippen LogP contribution in [-0.4, -0.2) is 28.4 Å². The molecule has 0 aliphatic rings. The van der Waals surface area contributed by atoms with E-state index in [0.29, 0.717) is 24.1 Å². The van der Waals surface area contributed by atoms with Crippen LogP contribution in [0, 0.1) is 12.3 Å². The lowest BCUT2D eigenvalue weighted by atomic mass is 10.5. The van der Waals surface area contributed by atoms with E-state index >= 15 is 0 Å². The number of hydrogen-bond donors (Lipinski definition) is 2. The van der Waals surface area contributed by atoms with Crippen LogP contribution in [0.5, 0.6) is 0 Å². The zero-order valence-electron chi connectivity index (χ0n) is 11.6. The van der Waals surface area contributed by atoms with Gasteiger partial charge in [0.1, 0.15) is 5.65 Å². The summed E-state index contributed by atoms with van der Waals surface area (Å²) in [5.41, 5.74) is 1.71. The van der Waals surface area contributed by atoms with Crippen LogP contribution >= 0.6 is 35.6 Å². The molecule has 0 amide bonds. The number of aliphatic imine (C=N–C) groups is 1. The van der Waals surface area contributed by atoms with Crippen LogP contribution in [0.2, 0.25) is 5.02 Å². The highest BCUT2D eigenvalue weighted by molar-refractivity contribution is 14.0. The fourth-order valence-electron chi connectivity index (χ4n) is 1.73. The Bertz CT molecular complexity index is 659. The molecule has 0 aliphatic heterocycles. The van der Waals surface area contributed by atoms with Crippen LogP contribution in [-0.2, 0) is 6.54 Å². The Morgan fingerprint density at radius 2 is 2.24 bits per heavy atom. The molecule has 0 radical (unpaired) electrons. The van der Waals surface area contributed by atoms with Crippen LogP contribution in [0.1, 0.15) is 12.6 Å². The van der Waals surface area contributed by atoms with Crippen molar-refractivity contribution >= 4 is 47.2 Å². The second-order valence-electron chi connectivity index (χ2n) is 4.10. The Labute approximate surface area is 146 Å². The number of fused-ring (bicyclic) bond motifs is 1. The Kier molecular flexibility index (Phi) is 7.32.